The van der Waals surface area contributed by atoms with Crippen molar-refractivity contribution < 1.29 is 4.79 Å². The molecule has 0 saturated carbocycles. The first-order valence-corrected chi connectivity index (χ1v) is 8.93. The summed E-state index contributed by atoms with van der Waals surface area (Å²) < 4.78 is 1.71. The van der Waals surface area contributed by atoms with Crippen LogP contribution in [0.1, 0.15) is 17.7 Å². The second-order valence-electron chi connectivity index (χ2n) is 6.57. The number of aromatic nitrogens is 3. The monoisotopic (exact) mass is 380 g/mol. The number of hydrogen-bond acceptors (Lipinski definition) is 5. The van der Waals surface area contributed by atoms with Gasteiger partial charge in [0.2, 0.25) is 0 Å². The Hall–Kier alpha value is -3.11. The normalized spacial score (nSPS) is 16.7. The maximum absolute atomic E-state index is 12.8. The Morgan fingerprint density at radius 1 is 1.33 bits per heavy atom. The van der Waals surface area contributed by atoms with Gasteiger partial charge in [-0.1, -0.05) is 11.6 Å². The molecule has 1 N–H and O–H groups in total. The maximum atomic E-state index is 12.8. The Morgan fingerprint density at radius 3 is 2.85 bits per heavy atom. The predicted molar refractivity (Wildman–Crippen MR) is 104 cm³/mol. The Kier molecular flexibility index (Phi) is 4.21. The van der Waals surface area contributed by atoms with E-state index in [9.17, 15) is 10.1 Å². The number of anilines is 2. The smallest absolute Gasteiger partial charge is 0.250 e. The number of halogens is 1. The lowest BCUT2D eigenvalue weighted by Crippen LogP contribution is -2.34. The SMILES string of the molecule is Cc1cc(N2CCC(Nc3cc(C#N)c4cc(Cl)ccc4n3)C2=O)n(C)n1. The number of nitrogens with zero attached hydrogens (tertiary/aromatic N) is 5. The van der Waals surface area contributed by atoms with Crippen molar-refractivity contribution in [2.45, 2.75) is 19.4 Å². The first kappa shape index (κ1) is 17.3. The highest BCUT2D eigenvalue weighted by atomic mass is 35.5. The van der Waals surface area contributed by atoms with E-state index in [2.05, 4.69) is 21.5 Å². The van der Waals surface area contributed by atoms with Crippen molar-refractivity contribution in [3.63, 3.8) is 0 Å². The van der Waals surface area contributed by atoms with Gasteiger partial charge in [0.1, 0.15) is 17.7 Å². The fourth-order valence-corrected chi connectivity index (χ4v) is 3.61. The van der Waals surface area contributed by atoms with Crippen molar-refractivity contribution in [3.05, 3.63) is 46.6 Å². The third-order valence-electron chi connectivity index (χ3n) is 4.67. The zero-order valence-corrected chi connectivity index (χ0v) is 15.7. The van der Waals surface area contributed by atoms with Crippen molar-refractivity contribution >= 4 is 40.0 Å². The van der Waals surface area contributed by atoms with Crippen molar-refractivity contribution in [1.82, 2.24) is 14.8 Å². The average Bonchev–Trinajstić information content (AvgIpc) is 3.16. The van der Waals surface area contributed by atoms with E-state index in [1.54, 1.807) is 33.8 Å². The zero-order valence-electron chi connectivity index (χ0n) is 14.9. The molecule has 136 valence electrons. The molecule has 4 rings (SSSR count). The number of nitrogens with one attached hydrogen (secondary N) is 1. The van der Waals surface area contributed by atoms with Crippen LogP contribution in [0.5, 0.6) is 0 Å². The molecule has 1 aliphatic heterocycles. The fraction of sp³-hybridized carbons (Fsp3) is 0.263. The van der Waals surface area contributed by atoms with E-state index in [0.717, 1.165) is 11.5 Å². The lowest BCUT2D eigenvalue weighted by Gasteiger charge is -2.17. The molecule has 1 unspecified atom stereocenters. The van der Waals surface area contributed by atoms with Crippen LogP contribution in [-0.2, 0) is 11.8 Å². The molecule has 1 aromatic carbocycles. The molecule has 0 radical (unpaired) electrons. The Morgan fingerprint density at radius 2 is 2.15 bits per heavy atom. The number of carbonyl (C=O) groups excluding carboxylic acids is 1. The van der Waals surface area contributed by atoms with Crippen LogP contribution >= 0.6 is 11.6 Å². The Bertz CT molecular complexity index is 1100. The fourth-order valence-electron chi connectivity index (χ4n) is 3.43. The van der Waals surface area contributed by atoms with Crippen LogP contribution in [-0.4, -0.2) is 33.3 Å². The molecule has 1 atom stereocenters. The Labute approximate surface area is 161 Å². The quantitative estimate of drug-likeness (QED) is 0.754. The minimum atomic E-state index is -0.399. The largest absolute Gasteiger partial charge is 0.358 e. The number of amides is 1. The van der Waals surface area contributed by atoms with E-state index in [-0.39, 0.29) is 5.91 Å². The molecule has 3 heterocycles. The second kappa shape index (κ2) is 6.56. The van der Waals surface area contributed by atoms with Crippen molar-refractivity contribution in [2.24, 2.45) is 7.05 Å². The lowest BCUT2D eigenvalue weighted by atomic mass is 10.1. The maximum Gasteiger partial charge on any atom is 0.250 e. The van der Waals surface area contributed by atoms with E-state index in [1.807, 2.05) is 20.0 Å². The number of hydrogen-bond donors (Lipinski definition) is 1. The molecular weight excluding hydrogens is 364 g/mol. The summed E-state index contributed by atoms with van der Waals surface area (Å²) in [6, 6.07) is 10.5. The van der Waals surface area contributed by atoms with Crippen LogP contribution in [0.15, 0.2) is 30.3 Å². The highest BCUT2D eigenvalue weighted by Gasteiger charge is 2.34. The van der Waals surface area contributed by atoms with Gasteiger partial charge in [-0.2, -0.15) is 10.4 Å². The van der Waals surface area contributed by atoms with E-state index in [0.29, 0.717) is 40.3 Å². The summed E-state index contributed by atoms with van der Waals surface area (Å²) >= 11 is 6.02. The summed E-state index contributed by atoms with van der Waals surface area (Å²) in [6.45, 7) is 2.50. The third kappa shape index (κ3) is 3.09. The van der Waals surface area contributed by atoms with Gasteiger partial charge < -0.3 is 5.32 Å². The lowest BCUT2D eigenvalue weighted by molar-refractivity contribution is -0.117. The first-order valence-electron chi connectivity index (χ1n) is 8.55. The van der Waals surface area contributed by atoms with Gasteiger partial charge in [-0.15, -0.1) is 0 Å². The van der Waals surface area contributed by atoms with Crippen molar-refractivity contribution in [2.75, 3.05) is 16.8 Å². The first-order chi connectivity index (χ1) is 13.0. The van der Waals surface area contributed by atoms with E-state index in [4.69, 9.17) is 11.6 Å². The number of pyridine rings is 1. The van der Waals surface area contributed by atoms with Crippen LogP contribution < -0.4 is 10.2 Å². The second-order valence-corrected chi connectivity index (χ2v) is 7.01. The molecule has 1 saturated heterocycles. The molecule has 8 heteroatoms. The van der Waals surface area contributed by atoms with Crippen molar-refractivity contribution in [1.29, 1.82) is 5.26 Å². The van der Waals surface area contributed by atoms with Gasteiger partial charge in [0.05, 0.1) is 22.8 Å². The van der Waals surface area contributed by atoms with Crippen LogP contribution in [0.3, 0.4) is 0 Å². The minimum Gasteiger partial charge on any atom is -0.358 e. The summed E-state index contributed by atoms with van der Waals surface area (Å²) in [5, 5.41) is 18.2. The van der Waals surface area contributed by atoms with E-state index >= 15 is 0 Å². The van der Waals surface area contributed by atoms with Crippen LogP contribution in [0, 0.1) is 18.3 Å². The molecule has 7 nitrogen and oxygen atoms in total. The average molecular weight is 381 g/mol. The number of carbonyl (C=O) groups is 1. The van der Waals surface area contributed by atoms with Gasteiger partial charge in [0, 0.05) is 30.1 Å². The topological polar surface area (TPSA) is 86.8 Å². The summed E-state index contributed by atoms with van der Waals surface area (Å²) in [5.74, 6) is 1.25. The standard InChI is InChI=1S/C19H17ClN6O/c1-11-7-18(25(2)24-11)26-6-5-16(19(26)27)23-17-8-12(10-21)14-9-13(20)3-4-15(14)22-17/h3-4,7-9,16H,5-6H2,1-2H3,(H,22,23). The van der Waals surface area contributed by atoms with Crippen molar-refractivity contribution in [3.8, 4) is 6.07 Å². The summed E-state index contributed by atoms with van der Waals surface area (Å²) in [5.41, 5.74) is 1.99. The van der Waals surface area contributed by atoms with Gasteiger partial charge in [-0.25, -0.2) is 4.98 Å². The number of aryl methyl sites for hydroxylation is 2. The number of rotatable bonds is 3. The van der Waals surface area contributed by atoms with Gasteiger partial charge in [-0.3, -0.25) is 14.4 Å². The molecule has 27 heavy (non-hydrogen) atoms. The molecule has 2 aromatic heterocycles. The van der Waals surface area contributed by atoms with Gasteiger partial charge >= 0.3 is 0 Å². The number of nitriles is 1. The van der Waals surface area contributed by atoms with Gasteiger partial charge in [-0.05, 0) is 37.6 Å². The highest BCUT2D eigenvalue weighted by Crippen LogP contribution is 2.27. The molecule has 0 aliphatic carbocycles. The number of benzene rings is 1. The predicted octanol–water partition coefficient (Wildman–Crippen LogP) is 3.02. The third-order valence-corrected chi connectivity index (χ3v) is 4.91. The Balaban J connectivity index is 1.61. The number of fused-ring (bicyclic) bond motifs is 1. The van der Waals surface area contributed by atoms with Crippen LogP contribution in [0.25, 0.3) is 10.9 Å². The van der Waals surface area contributed by atoms with Crippen LogP contribution in [0.2, 0.25) is 5.02 Å². The molecule has 1 aliphatic rings. The van der Waals surface area contributed by atoms with Gasteiger partial charge in [0.15, 0.2) is 0 Å². The van der Waals surface area contributed by atoms with E-state index in [1.165, 1.54) is 0 Å². The van der Waals surface area contributed by atoms with Gasteiger partial charge in [0.25, 0.3) is 5.91 Å². The molecule has 0 spiro atoms. The summed E-state index contributed by atoms with van der Waals surface area (Å²) in [4.78, 5) is 19.1. The molecule has 3 aromatic rings. The molecule has 0 bridgehead atoms. The summed E-state index contributed by atoms with van der Waals surface area (Å²) in [6.07, 6.45) is 0.644. The molecule has 1 amide bonds. The van der Waals surface area contributed by atoms with E-state index < -0.39 is 6.04 Å². The highest BCUT2D eigenvalue weighted by molar-refractivity contribution is 6.31. The molecular formula is C19H17ClN6O. The minimum absolute atomic E-state index is 0.0329. The zero-order chi connectivity index (χ0) is 19.1. The summed E-state index contributed by atoms with van der Waals surface area (Å²) in [7, 11) is 1.82. The molecule has 1 fully saturated rings. The van der Waals surface area contributed by atoms with Crippen LogP contribution in [0.4, 0.5) is 11.6 Å².